The Hall–Kier alpha value is -5.13. The molecular weight excluding hydrogens is 999 g/mol. The Labute approximate surface area is 443 Å². The second kappa shape index (κ2) is 18.6. The first-order chi connectivity index (χ1) is 35.3. The molecule has 4 aromatic rings. The van der Waals surface area contributed by atoms with E-state index in [1.54, 1.807) is 53.8 Å². The van der Waals surface area contributed by atoms with Gasteiger partial charge in [0.15, 0.2) is 22.8 Å². The van der Waals surface area contributed by atoms with Crippen LogP contribution < -0.4 is 0 Å². The zero-order valence-electron chi connectivity index (χ0n) is 41.8. The number of aromatic nitrogens is 1. The van der Waals surface area contributed by atoms with Crippen molar-refractivity contribution < 1.29 is 57.3 Å². The van der Waals surface area contributed by atoms with Crippen LogP contribution in [0.25, 0.3) is 10.2 Å². The lowest BCUT2D eigenvalue weighted by atomic mass is 9.46. The number of nitrogens with zero attached hydrogens (tertiary/aromatic N) is 1. The molecule has 0 bridgehead atoms. The number of thioether (sulfide) groups is 1. The predicted molar refractivity (Wildman–Crippen MR) is 280 cm³/mol. The van der Waals surface area contributed by atoms with Crippen LogP contribution in [0.15, 0.2) is 117 Å². The van der Waals surface area contributed by atoms with Crippen molar-refractivity contribution in [2.45, 2.75) is 121 Å². The number of fused-ring (bicyclic) bond motifs is 11. The average molecular weight is 1060 g/mol. The molecule has 2 N–H and O–H groups in total. The predicted octanol–water partition coefficient (Wildman–Crippen LogP) is 10.4. The molecule has 13 nitrogen and oxygen atoms in total. The van der Waals surface area contributed by atoms with Crippen molar-refractivity contribution in [3.05, 3.63) is 125 Å². The molecule has 0 aliphatic heterocycles. The number of allylic oxidation sites excluding steroid dienone is 8. The van der Waals surface area contributed by atoms with Gasteiger partial charge in [0.1, 0.15) is 5.01 Å². The van der Waals surface area contributed by atoms with Crippen molar-refractivity contribution in [3.8, 4) is 0 Å². The van der Waals surface area contributed by atoms with Crippen LogP contribution in [0.2, 0.25) is 0 Å². The van der Waals surface area contributed by atoms with Crippen molar-refractivity contribution in [3.63, 3.8) is 0 Å². The van der Waals surface area contributed by atoms with Crippen LogP contribution >= 0.6 is 35.7 Å². The molecule has 12 rings (SSSR count). The first-order valence-electron chi connectivity index (χ1n) is 25.8. The van der Waals surface area contributed by atoms with Crippen LogP contribution in [-0.2, 0) is 34.4 Å². The minimum absolute atomic E-state index is 0.00321. The van der Waals surface area contributed by atoms with Gasteiger partial charge in [-0.1, -0.05) is 74.9 Å². The number of hydrogen-bond donors (Lipinski definition) is 3. The Bertz CT molecular complexity index is 3050. The number of rotatable bonds is 8. The van der Waals surface area contributed by atoms with Crippen LogP contribution in [0, 0.1) is 57.2 Å². The minimum atomic E-state index is -1.43. The first-order valence-corrected chi connectivity index (χ1v) is 28.1. The first kappa shape index (κ1) is 51.0. The SMILES string of the molecule is CC12C=CC(=O)C=C1CCC1C2[C@@H](O)CC2(C)C1CC[C@]2(OC(=O)c1ccco1)C(=O)S.CC12C=CC(=O)C=C1CCC1C2[C@@H](O)CC2(C)C1CC[C@]2(OC(=O)c1ccco1)C(=O)SCc1nc2ccccc2s1. The molecule has 74 heavy (non-hydrogen) atoms. The molecule has 0 saturated heterocycles. The third-order valence-corrected chi connectivity index (χ3v) is 22.1. The summed E-state index contributed by atoms with van der Waals surface area (Å²) >= 11 is 6.89. The summed E-state index contributed by atoms with van der Waals surface area (Å²) in [6.45, 7) is 8.22. The van der Waals surface area contributed by atoms with Gasteiger partial charge in [-0.05, 0) is 149 Å². The largest absolute Gasteiger partial charge is 0.457 e. The summed E-state index contributed by atoms with van der Waals surface area (Å²) < 4.78 is 23.8. The summed E-state index contributed by atoms with van der Waals surface area (Å²) in [7, 11) is 0. The average Bonchev–Trinajstić information content (AvgIpc) is 4.23. The third-order valence-electron chi connectivity index (χ3n) is 19.6. The van der Waals surface area contributed by atoms with E-state index in [0.29, 0.717) is 44.3 Å². The van der Waals surface area contributed by atoms with Gasteiger partial charge in [-0.15, -0.1) is 24.0 Å². The Kier molecular flexibility index (Phi) is 12.8. The van der Waals surface area contributed by atoms with Crippen LogP contribution in [0.3, 0.4) is 0 Å². The third kappa shape index (κ3) is 7.80. The second-order valence-electron chi connectivity index (χ2n) is 22.8. The topological polar surface area (TPSA) is 201 Å². The van der Waals surface area contributed by atoms with Crippen molar-refractivity contribution in [2.75, 3.05) is 0 Å². The number of carbonyl (C=O) groups is 6. The number of thiol groups is 1. The standard InChI is InChI=1S/C33H33NO6S2.C25H28O6S/c1-31-13-11-20(35)16-19(31)9-10-21-22-12-14-33(32(22,2)17-24(36)28(21)31,40-29(37)25-7-5-15-39-25)30(38)41-18-27-34-23-6-3-4-8-26(23)42-27;1-23-9-7-15(26)12-14(23)5-6-16-17-8-10-25(22(29)32,24(17,2)13-18(27)20(16)23)31-21(28)19-4-3-11-30-19/h3-8,11,13,15-16,21-22,24,28,36H,9-10,12,14,17-18H2,1-2H3;3-4,7,9,11-12,16-18,20,27H,5-6,8,10,13H2,1-2H3,(H,29,32)/t21?,22?,24-,28?,31?,32?,33-;16?,17?,18-,20?,23?,24?,25-/m00/s1. The van der Waals surface area contributed by atoms with Crippen molar-refractivity contribution in [2.24, 2.45) is 57.2 Å². The van der Waals surface area contributed by atoms with E-state index in [1.165, 1.54) is 18.6 Å². The maximum Gasteiger partial charge on any atom is 0.375 e. The molecule has 8 aliphatic rings. The quantitative estimate of drug-likeness (QED) is 0.111. The molecule has 0 spiro atoms. The number of furan rings is 2. The summed E-state index contributed by atoms with van der Waals surface area (Å²) in [4.78, 5) is 82.4. The fourth-order valence-electron chi connectivity index (χ4n) is 16.2. The van der Waals surface area contributed by atoms with E-state index in [-0.39, 0.29) is 63.7 Å². The van der Waals surface area contributed by atoms with Crippen LogP contribution in [-0.4, -0.2) is 72.3 Å². The Morgan fingerprint density at radius 3 is 1.72 bits per heavy atom. The second-order valence-corrected chi connectivity index (χ2v) is 25.3. The van der Waals surface area contributed by atoms with E-state index in [4.69, 9.17) is 23.3 Å². The summed E-state index contributed by atoms with van der Waals surface area (Å²) in [5.41, 5.74) is -2.13. The smallest absolute Gasteiger partial charge is 0.375 e. The van der Waals surface area contributed by atoms with E-state index in [2.05, 4.69) is 26.5 Å². The summed E-state index contributed by atoms with van der Waals surface area (Å²) in [5, 5.41) is 23.5. The lowest BCUT2D eigenvalue weighted by Gasteiger charge is -2.59. The van der Waals surface area contributed by atoms with Gasteiger partial charge in [-0.25, -0.2) is 14.6 Å². The molecule has 0 radical (unpaired) electrons. The van der Waals surface area contributed by atoms with E-state index >= 15 is 0 Å². The highest BCUT2D eigenvalue weighted by Gasteiger charge is 2.72. The Morgan fingerprint density at radius 2 is 1.22 bits per heavy atom. The maximum absolute atomic E-state index is 14.4. The lowest BCUT2D eigenvalue weighted by Crippen LogP contribution is -2.62. The zero-order chi connectivity index (χ0) is 52.2. The van der Waals surface area contributed by atoms with E-state index in [1.807, 2.05) is 50.3 Å². The van der Waals surface area contributed by atoms with Gasteiger partial charge in [0.05, 0.1) is 40.7 Å². The highest BCUT2D eigenvalue weighted by atomic mass is 32.2. The number of hydrogen-bond acceptors (Lipinski definition) is 15. The number of carbonyl (C=O) groups excluding carboxylic acids is 6. The molecule has 0 amide bonds. The minimum Gasteiger partial charge on any atom is -0.457 e. The fraction of sp³-hybridized carbons (Fsp3) is 0.500. The molecule has 6 fully saturated rings. The van der Waals surface area contributed by atoms with E-state index in [0.717, 1.165) is 63.8 Å². The van der Waals surface area contributed by atoms with Gasteiger partial charge >= 0.3 is 11.9 Å². The number of esters is 2. The van der Waals surface area contributed by atoms with Gasteiger partial charge in [0.2, 0.25) is 21.8 Å². The molecular formula is C58H61NO12S3. The molecule has 16 heteroatoms. The summed E-state index contributed by atoms with van der Waals surface area (Å²) in [6, 6.07) is 14.2. The van der Waals surface area contributed by atoms with Crippen molar-refractivity contribution in [1.82, 2.24) is 4.98 Å². The monoisotopic (exact) mass is 1060 g/mol. The Balaban J connectivity index is 0.000000165. The molecule has 14 atom stereocenters. The fourth-order valence-corrected chi connectivity index (χ4v) is 18.7. The summed E-state index contributed by atoms with van der Waals surface area (Å²) in [6.07, 6.45) is 18.0. The number of ketones is 2. The summed E-state index contributed by atoms with van der Waals surface area (Å²) in [5.74, 6) is -0.635. The highest BCUT2D eigenvalue weighted by molar-refractivity contribution is 8.13. The van der Waals surface area contributed by atoms with Crippen LogP contribution in [0.1, 0.15) is 118 Å². The zero-order valence-corrected chi connectivity index (χ0v) is 44.3. The molecule has 388 valence electrons. The van der Waals surface area contributed by atoms with E-state index < -0.39 is 62.1 Å². The van der Waals surface area contributed by atoms with Gasteiger partial charge in [0.25, 0.3) is 0 Å². The van der Waals surface area contributed by atoms with Gasteiger partial charge in [0, 0.05) is 33.5 Å². The molecule has 1 aromatic carbocycles. The maximum atomic E-state index is 14.4. The number of thiazole rings is 1. The molecule has 3 heterocycles. The highest BCUT2D eigenvalue weighted by Crippen LogP contribution is 2.70. The van der Waals surface area contributed by atoms with Crippen molar-refractivity contribution >= 4 is 79.7 Å². The lowest BCUT2D eigenvalue weighted by molar-refractivity contribution is -0.172. The van der Waals surface area contributed by atoms with E-state index in [9.17, 15) is 39.0 Å². The number of benzene rings is 1. The number of aliphatic hydroxyl groups is 2. The van der Waals surface area contributed by atoms with Crippen molar-refractivity contribution in [1.29, 1.82) is 0 Å². The van der Waals surface area contributed by atoms with Crippen LogP contribution in [0.5, 0.6) is 0 Å². The molecule has 3 aromatic heterocycles. The Morgan fingerprint density at radius 1 is 0.716 bits per heavy atom. The molecule has 10 unspecified atom stereocenters. The van der Waals surface area contributed by atoms with Gasteiger partial charge in [-0.2, -0.15) is 0 Å². The number of aliphatic hydroxyl groups excluding tert-OH is 2. The van der Waals surface area contributed by atoms with Gasteiger partial charge < -0.3 is 28.5 Å². The normalized spacial score (nSPS) is 38.4. The van der Waals surface area contributed by atoms with Gasteiger partial charge in [-0.3, -0.25) is 19.2 Å². The van der Waals surface area contributed by atoms with Crippen LogP contribution in [0.4, 0.5) is 0 Å². The number of para-hydroxylation sites is 1. The molecule has 8 aliphatic carbocycles. The molecule has 6 saturated carbocycles. The number of ether oxygens (including phenoxy) is 2.